The topological polar surface area (TPSA) is 59.2 Å². The van der Waals surface area contributed by atoms with Gasteiger partial charge < -0.3 is 9.32 Å². The van der Waals surface area contributed by atoms with Crippen molar-refractivity contribution < 1.29 is 9.21 Å². The van der Waals surface area contributed by atoms with Crippen LogP contribution in [0.2, 0.25) is 4.34 Å². The summed E-state index contributed by atoms with van der Waals surface area (Å²) in [4.78, 5) is 15.1. The van der Waals surface area contributed by atoms with E-state index in [1.165, 1.54) is 29.5 Å². The summed E-state index contributed by atoms with van der Waals surface area (Å²) in [6.45, 7) is 6.07. The van der Waals surface area contributed by atoms with E-state index >= 15 is 0 Å². The van der Waals surface area contributed by atoms with Crippen LogP contribution in [-0.2, 0) is 4.79 Å². The van der Waals surface area contributed by atoms with Gasteiger partial charge in [-0.2, -0.15) is 0 Å². The van der Waals surface area contributed by atoms with Crippen LogP contribution < -0.4 is 0 Å². The molecule has 23 heavy (non-hydrogen) atoms. The van der Waals surface area contributed by atoms with Crippen LogP contribution in [0.5, 0.6) is 0 Å². The molecule has 0 aliphatic carbocycles. The number of nitrogens with zero attached hydrogens (tertiary/aromatic N) is 3. The van der Waals surface area contributed by atoms with E-state index in [1.54, 1.807) is 6.07 Å². The van der Waals surface area contributed by atoms with E-state index in [2.05, 4.69) is 24.0 Å². The second-order valence-corrected chi connectivity index (χ2v) is 8.65. The maximum atomic E-state index is 12.3. The van der Waals surface area contributed by atoms with Gasteiger partial charge in [0.1, 0.15) is 0 Å². The molecule has 5 nitrogen and oxygen atoms in total. The molecule has 0 saturated carbocycles. The van der Waals surface area contributed by atoms with E-state index in [0.717, 1.165) is 18.0 Å². The van der Waals surface area contributed by atoms with E-state index < -0.39 is 0 Å². The first kappa shape index (κ1) is 16.8. The highest BCUT2D eigenvalue weighted by Crippen LogP contribution is 2.31. The number of hydrogen-bond acceptors (Lipinski definition) is 6. The third-order valence-electron chi connectivity index (χ3n) is 3.73. The van der Waals surface area contributed by atoms with Crippen LogP contribution >= 0.6 is 34.7 Å². The molecule has 3 heterocycles. The maximum Gasteiger partial charge on any atom is 0.277 e. The number of hydrogen-bond donors (Lipinski definition) is 0. The van der Waals surface area contributed by atoms with Gasteiger partial charge >= 0.3 is 0 Å². The van der Waals surface area contributed by atoms with Crippen LogP contribution in [-0.4, -0.2) is 39.8 Å². The lowest BCUT2D eigenvalue weighted by Gasteiger charge is -2.34. The Hall–Kier alpha value is -1.05. The minimum atomic E-state index is 0.132. The molecular weight excluding hydrogens is 354 g/mol. The van der Waals surface area contributed by atoms with Crippen molar-refractivity contribution in [1.29, 1.82) is 0 Å². The normalized spacial score (nSPS) is 21.6. The number of piperidine rings is 1. The van der Waals surface area contributed by atoms with Crippen molar-refractivity contribution in [3.63, 3.8) is 0 Å². The van der Waals surface area contributed by atoms with Gasteiger partial charge in [0, 0.05) is 13.1 Å². The lowest BCUT2D eigenvalue weighted by molar-refractivity contribution is -0.130. The molecule has 0 aromatic carbocycles. The third-order valence-corrected chi connectivity index (χ3v) is 5.75. The van der Waals surface area contributed by atoms with Gasteiger partial charge in [0.2, 0.25) is 5.91 Å². The summed E-state index contributed by atoms with van der Waals surface area (Å²) >= 11 is 8.58. The molecule has 1 amide bonds. The molecule has 8 heteroatoms. The molecule has 0 N–H and O–H groups in total. The molecular formula is C15H18ClN3O2S2. The Labute approximate surface area is 148 Å². The molecule has 0 spiro atoms. The summed E-state index contributed by atoms with van der Waals surface area (Å²) in [5.41, 5.74) is 0. The third kappa shape index (κ3) is 4.28. The Kier molecular flexibility index (Phi) is 5.28. The first-order valence-electron chi connectivity index (χ1n) is 7.51. The number of thiophene rings is 1. The van der Waals surface area contributed by atoms with Crippen molar-refractivity contribution in [2.75, 3.05) is 18.8 Å². The Morgan fingerprint density at radius 2 is 2.13 bits per heavy atom. The van der Waals surface area contributed by atoms with Gasteiger partial charge in [-0.15, -0.1) is 21.5 Å². The minimum Gasteiger partial charge on any atom is -0.410 e. The van der Waals surface area contributed by atoms with Crippen LogP contribution in [0, 0.1) is 11.8 Å². The zero-order valence-corrected chi connectivity index (χ0v) is 15.4. The molecule has 2 aromatic heterocycles. The van der Waals surface area contributed by atoms with Gasteiger partial charge in [-0.25, -0.2) is 0 Å². The molecule has 1 fully saturated rings. The van der Waals surface area contributed by atoms with E-state index in [4.69, 9.17) is 16.0 Å². The Bertz CT molecular complexity index is 678. The van der Waals surface area contributed by atoms with Gasteiger partial charge in [0.05, 0.1) is 15.0 Å². The minimum absolute atomic E-state index is 0.132. The van der Waals surface area contributed by atoms with Crippen LogP contribution in [0.25, 0.3) is 10.8 Å². The zero-order chi connectivity index (χ0) is 16.4. The van der Waals surface area contributed by atoms with Gasteiger partial charge in [0.15, 0.2) is 0 Å². The fourth-order valence-electron chi connectivity index (χ4n) is 2.88. The number of aromatic nitrogens is 2. The molecule has 1 aliphatic heterocycles. The Morgan fingerprint density at radius 1 is 1.39 bits per heavy atom. The summed E-state index contributed by atoms with van der Waals surface area (Å²) in [6.07, 6.45) is 1.19. The lowest BCUT2D eigenvalue weighted by atomic mass is 9.92. The number of carbonyl (C=O) groups is 1. The fraction of sp³-hybridized carbons (Fsp3) is 0.533. The highest BCUT2D eigenvalue weighted by molar-refractivity contribution is 7.99. The molecule has 124 valence electrons. The summed E-state index contributed by atoms with van der Waals surface area (Å²) < 4.78 is 6.26. The molecule has 3 rings (SSSR count). The average molecular weight is 372 g/mol. The van der Waals surface area contributed by atoms with E-state index in [-0.39, 0.29) is 5.91 Å². The number of likely N-dealkylation sites (tertiary alicyclic amines) is 1. The van der Waals surface area contributed by atoms with Crippen molar-refractivity contribution in [2.24, 2.45) is 11.8 Å². The van der Waals surface area contributed by atoms with Crippen LogP contribution in [0.15, 0.2) is 21.8 Å². The van der Waals surface area contributed by atoms with Gasteiger partial charge in [-0.1, -0.05) is 37.2 Å². The number of carbonyl (C=O) groups excluding carboxylic acids is 1. The highest BCUT2D eigenvalue weighted by atomic mass is 35.5. The zero-order valence-electron chi connectivity index (χ0n) is 13.0. The highest BCUT2D eigenvalue weighted by Gasteiger charge is 2.25. The molecule has 1 aliphatic rings. The van der Waals surface area contributed by atoms with Gasteiger partial charge in [-0.05, 0) is 30.4 Å². The van der Waals surface area contributed by atoms with E-state index in [0.29, 0.717) is 33.0 Å². The predicted molar refractivity (Wildman–Crippen MR) is 92.9 cm³/mol. The SMILES string of the molecule is C[C@@H]1C[C@H](C)CN(C(=O)CSc2nnc(-c3ccc(Cl)s3)o2)C1. The van der Waals surface area contributed by atoms with Crippen LogP contribution in [0.1, 0.15) is 20.3 Å². The number of amides is 1. The standard InChI is InChI=1S/C15H18ClN3O2S2/c1-9-5-10(2)7-19(6-9)13(20)8-22-15-18-17-14(21-15)11-3-4-12(16)23-11/h3-4,9-10H,5-8H2,1-2H3/t9-,10+. The largest absolute Gasteiger partial charge is 0.410 e. The fourth-order valence-corrected chi connectivity index (χ4v) is 4.51. The van der Waals surface area contributed by atoms with Crippen molar-refractivity contribution in [1.82, 2.24) is 15.1 Å². The monoisotopic (exact) mass is 371 g/mol. The number of thioether (sulfide) groups is 1. The first-order chi connectivity index (χ1) is 11.0. The molecule has 0 bridgehead atoms. The van der Waals surface area contributed by atoms with E-state index in [9.17, 15) is 4.79 Å². The predicted octanol–water partition coefficient (Wildman–Crippen LogP) is 4.05. The molecule has 0 radical (unpaired) electrons. The van der Waals surface area contributed by atoms with Crippen molar-refractivity contribution in [3.05, 3.63) is 16.5 Å². The summed E-state index contributed by atoms with van der Waals surface area (Å²) in [7, 11) is 0. The second-order valence-electron chi connectivity index (χ2n) is 6.01. The van der Waals surface area contributed by atoms with Crippen LogP contribution in [0.4, 0.5) is 0 Å². The lowest BCUT2D eigenvalue weighted by Crippen LogP contribution is -2.43. The molecule has 0 unspecified atom stereocenters. The number of rotatable bonds is 4. The molecule has 2 atom stereocenters. The van der Waals surface area contributed by atoms with E-state index in [1.807, 2.05) is 11.0 Å². The Balaban J connectivity index is 1.56. The summed E-state index contributed by atoms with van der Waals surface area (Å²) in [5, 5.41) is 8.40. The first-order valence-corrected chi connectivity index (χ1v) is 9.69. The average Bonchev–Trinajstić information content (AvgIpc) is 3.12. The smallest absolute Gasteiger partial charge is 0.277 e. The second kappa shape index (κ2) is 7.23. The summed E-state index contributed by atoms with van der Waals surface area (Å²) in [6, 6.07) is 3.64. The van der Waals surface area contributed by atoms with Crippen LogP contribution in [0.3, 0.4) is 0 Å². The number of halogens is 1. The van der Waals surface area contributed by atoms with Gasteiger partial charge in [-0.3, -0.25) is 4.79 Å². The molecule has 2 aromatic rings. The maximum absolute atomic E-state index is 12.3. The Morgan fingerprint density at radius 3 is 2.78 bits per heavy atom. The quantitative estimate of drug-likeness (QED) is 0.759. The van der Waals surface area contributed by atoms with Crippen molar-refractivity contribution in [2.45, 2.75) is 25.5 Å². The summed E-state index contributed by atoms with van der Waals surface area (Å²) in [5.74, 6) is 2.02. The molecule has 1 saturated heterocycles. The van der Waals surface area contributed by atoms with Crippen molar-refractivity contribution in [3.8, 4) is 10.8 Å². The van der Waals surface area contributed by atoms with Gasteiger partial charge in [0.25, 0.3) is 11.1 Å². The van der Waals surface area contributed by atoms with Crippen molar-refractivity contribution >= 4 is 40.6 Å².